The van der Waals surface area contributed by atoms with Crippen LogP contribution in [0.1, 0.15) is 5.56 Å². The van der Waals surface area contributed by atoms with E-state index in [1.165, 1.54) is 11.1 Å². The Balaban J connectivity index is 2.34. The number of rotatable bonds is 1. The Morgan fingerprint density at radius 2 is 1.75 bits per heavy atom. The summed E-state index contributed by atoms with van der Waals surface area (Å²) < 4.78 is 5.43. The number of para-hydroxylation sites is 1. The molecule has 0 amide bonds. The summed E-state index contributed by atoms with van der Waals surface area (Å²) in [5.74, 6) is 0. The van der Waals surface area contributed by atoms with Crippen molar-refractivity contribution in [3.63, 3.8) is 0 Å². The molecule has 1 aromatic heterocycles. The van der Waals surface area contributed by atoms with Crippen LogP contribution in [0.3, 0.4) is 0 Å². The third kappa shape index (κ3) is 1.33. The summed E-state index contributed by atoms with van der Waals surface area (Å²) >= 11 is 0. The Morgan fingerprint density at radius 3 is 2.62 bits per heavy atom. The molecule has 0 aliphatic rings. The van der Waals surface area contributed by atoms with Gasteiger partial charge in [-0.05, 0) is 24.1 Å². The van der Waals surface area contributed by atoms with Crippen LogP contribution in [0.2, 0.25) is 0 Å². The fourth-order valence-electron chi connectivity index (χ4n) is 2.02. The van der Waals surface area contributed by atoms with Gasteiger partial charge < -0.3 is 4.42 Å². The first-order valence-electron chi connectivity index (χ1n) is 5.31. The van der Waals surface area contributed by atoms with Crippen molar-refractivity contribution in [3.8, 4) is 11.1 Å². The molecule has 0 saturated heterocycles. The molecule has 0 aliphatic heterocycles. The highest BCUT2D eigenvalue weighted by molar-refractivity contribution is 5.93. The lowest BCUT2D eigenvalue weighted by Crippen LogP contribution is -1.82. The van der Waals surface area contributed by atoms with Crippen LogP contribution in [0.25, 0.3) is 22.1 Å². The van der Waals surface area contributed by atoms with E-state index in [0.717, 1.165) is 16.5 Å². The summed E-state index contributed by atoms with van der Waals surface area (Å²) in [7, 11) is 0. The van der Waals surface area contributed by atoms with Gasteiger partial charge in [0, 0.05) is 10.9 Å². The fourth-order valence-corrected chi connectivity index (χ4v) is 2.02. The molecule has 1 heterocycles. The quantitative estimate of drug-likeness (QED) is 0.582. The molecule has 0 bridgehead atoms. The van der Waals surface area contributed by atoms with Crippen LogP contribution in [0.4, 0.5) is 0 Å². The Hall–Kier alpha value is -2.02. The molecule has 77 valence electrons. The molecule has 2 aromatic carbocycles. The summed E-state index contributed by atoms with van der Waals surface area (Å²) in [6.45, 7) is 2.11. The molecule has 0 spiro atoms. The Kier molecular flexibility index (Phi) is 2.03. The van der Waals surface area contributed by atoms with Crippen LogP contribution in [-0.2, 0) is 0 Å². The van der Waals surface area contributed by atoms with Gasteiger partial charge >= 0.3 is 0 Å². The second kappa shape index (κ2) is 3.53. The number of aryl methyl sites for hydroxylation is 1. The molecule has 1 heteroatoms. The first-order valence-corrected chi connectivity index (χ1v) is 5.31. The van der Waals surface area contributed by atoms with Gasteiger partial charge in [-0.1, -0.05) is 42.5 Å². The van der Waals surface area contributed by atoms with E-state index in [-0.39, 0.29) is 0 Å². The van der Waals surface area contributed by atoms with E-state index in [1.54, 1.807) is 0 Å². The number of furan rings is 1. The van der Waals surface area contributed by atoms with E-state index in [2.05, 4.69) is 31.4 Å². The highest BCUT2D eigenvalue weighted by Crippen LogP contribution is 2.30. The molecule has 0 N–H and O–H groups in total. The third-order valence-corrected chi connectivity index (χ3v) is 2.86. The van der Waals surface area contributed by atoms with Crippen molar-refractivity contribution in [1.82, 2.24) is 0 Å². The van der Waals surface area contributed by atoms with Crippen LogP contribution < -0.4 is 0 Å². The van der Waals surface area contributed by atoms with Gasteiger partial charge in [0.15, 0.2) is 6.26 Å². The molecule has 16 heavy (non-hydrogen) atoms. The minimum atomic E-state index is 0.914. The summed E-state index contributed by atoms with van der Waals surface area (Å²) in [4.78, 5) is 0. The molecule has 0 aliphatic carbocycles. The summed E-state index contributed by atoms with van der Waals surface area (Å²) in [5.41, 5.74) is 4.52. The first kappa shape index (κ1) is 9.22. The van der Waals surface area contributed by atoms with Crippen molar-refractivity contribution >= 4 is 11.0 Å². The van der Waals surface area contributed by atoms with Crippen LogP contribution in [0, 0.1) is 13.2 Å². The average molecular weight is 207 g/mol. The van der Waals surface area contributed by atoms with Gasteiger partial charge in [0.25, 0.3) is 0 Å². The molecule has 1 nitrogen and oxygen atoms in total. The van der Waals surface area contributed by atoms with Crippen molar-refractivity contribution in [2.24, 2.45) is 0 Å². The van der Waals surface area contributed by atoms with Gasteiger partial charge in [-0.3, -0.25) is 0 Å². The van der Waals surface area contributed by atoms with Crippen molar-refractivity contribution in [3.05, 3.63) is 60.4 Å². The van der Waals surface area contributed by atoms with Crippen LogP contribution in [0.15, 0.2) is 52.9 Å². The zero-order valence-corrected chi connectivity index (χ0v) is 9.03. The monoisotopic (exact) mass is 207 g/mol. The highest BCUT2D eigenvalue weighted by Gasteiger charge is 2.07. The van der Waals surface area contributed by atoms with Crippen molar-refractivity contribution in [2.45, 2.75) is 6.92 Å². The lowest BCUT2D eigenvalue weighted by atomic mass is 9.99. The molecule has 3 aromatic rings. The minimum absolute atomic E-state index is 0.914. The van der Waals surface area contributed by atoms with E-state index in [4.69, 9.17) is 4.42 Å². The van der Waals surface area contributed by atoms with Gasteiger partial charge in [0.05, 0.1) is 0 Å². The van der Waals surface area contributed by atoms with E-state index < -0.39 is 0 Å². The Labute approximate surface area is 94.3 Å². The lowest BCUT2D eigenvalue weighted by molar-refractivity contribution is 0.607. The molecule has 0 unspecified atom stereocenters. The lowest BCUT2D eigenvalue weighted by Gasteiger charge is -2.05. The zero-order chi connectivity index (χ0) is 11.0. The van der Waals surface area contributed by atoms with Crippen LogP contribution in [0.5, 0.6) is 0 Å². The van der Waals surface area contributed by atoms with Gasteiger partial charge in [0.2, 0.25) is 0 Å². The predicted molar refractivity (Wildman–Crippen MR) is 65.2 cm³/mol. The molecule has 0 saturated carbocycles. The maximum atomic E-state index is 5.43. The van der Waals surface area contributed by atoms with Gasteiger partial charge in [-0.15, -0.1) is 0 Å². The van der Waals surface area contributed by atoms with E-state index in [1.807, 2.05) is 30.3 Å². The molecule has 0 fully saturated rings. The molecular formula is C15H11O. The molecule has 0 atom stereocenters. The SMILES string of the molecule is Cc1ccccc1-c1cccc2c[c]oc12. The number of hydrogen-bond acceptors (Lipinski definition) is 1. The maximum Gasteiger partial charge on any atom is 0.170 e. The van der Waals surface area contributed by atoms with Gasteiger partial charge in [-0.25, -0.2) is 0 Å². The minimum Gasteiger partial charge on any atom is -0.452 e. The van der Waals surface area contributed by atoms with Gasteiger partial charge in [0.1, 0.15) is 5.58 Å². The summed E-state index contributed by atoms with van der Waals surface area (Å²) in [5, 5.41) is 1.10. The van der Waals surface area contributed by atoms with Crippen molar-refractivity contribution in [1.29, 1.82) is 0 Å². The normalized spacial score (nSPS) is 10.8. The maximum absolute atomic E-state index is 5.43. The Morgan fingerprint density at radius 1 is 0.938 bits per heavy atom. The van der Waals surface area contributed by atoms with E-state index in [9.17, 15) is 0 Å². The number of hydrogen-bond donors (Lipinski definition) is 0. The van der Waals surface area contributed by atoms with Crippen LogP contribution in [-0.4, -0.2) is 0 Å². The predicted octanol–water partition coefficient (Wildman–Crippen LogP) is 4.21. The van der Waals surface area contributed by atoms with Crippen LogP contribution >= 0.6 is 0 Å². The number of fused-ring (bicyclic) bond motifs is 1. The fraction of sp³-hybridized carbons (Fsp3) is 0.0667. The second-order valence-corrected chi connectivity index (χ2v) is 3.90. The average Bonchev–Trinajstić information content (AvgIpc) is 2.77. The van der Waals surface area contributed by atoms with Crippen molar-refractivity contribution < 1.29 is 4.42 Å². The standard InChI is InChI=1S/C15H11O/c1-11-5-2-3-7-13(11)14-8-4-6-12-9-10-16-15(12)14/h2-9H,1H3. The summed E-state index contributed by atoms with van der Waals surface area (Å²) in [6.07, 6.45) is 2.79. The zero-order valence-electron chi connectivity index (χ0n) is 9.03. The highest BCUT2D eigenvalue weighted by atomic mass is 16.3. The second-order valence-electron chi connectivity index (χ2n) is 3.90. The molecular weight excluding hydrogens is 196 g/mol. The first-order chi connectivity index (χ1) is 7.86. The van der Waals surface area contributed by atoms with E-state index in [0.29, 0.717) is 0 Å². The van der Waals surface area contributed by atoms with Crippen molar-refractivity contribution in [2.75, 3.05) is 0 Å². The Bertz CT molecular complexity index is 634. The molecule has 1 radical (unpaired) electrons. The topological polar surface area (TPSA) is 13.1 Å². The largest absolute Gasteiger partial charge is 0.452 e. The van der Waals surface area contributed by atoms with E-state index >= 15 is 0 Å². The third-order valence-electron chi connectivity index (χ3n) is 2.86. The van der Waals surface area contributed by atoms with Gasteiger partial charge in [-0.2, -0.15) is 0 Å². The smallest absolute Gasteiger partial charge is 0.170 e. The molecule has 3 rings (SSSR count). The summed E-state index contributed by atoms with van der Waals surface area (Å²) in [6, 6.07) is 16.4. The number of benzene rings is 2.